The largest absolute Gasteiger partial charge is 0.366 e. The Morgan fingerprint density at radius 3 is 2.32 bits per heavy atom. The zero-order valence-electron chi connectivity index (χ0n) is 15.2. The molecule has 0 aromatic heterocycles. The number of carbonyl (C=O) groups excluding carboxylic acids is 2. The van der Waals surface area contributed by atoms with Crippen LogP contribution in [-0.4, -0.2) is 29.8 Å². The van der Waals surface area contributed by atoms with Gasteiger partial charge >= 0.3 is 0 Å². The summed E-state index contributed by atoms with van der Waals surface area (Å²) in [5.74, 6) is -0.585. The van der Waals surface area contributed by atoms with Crippen LogP contribution in [0.3, 0.4) is 0 Å². The van der Waals surface area contributed by atoms with E-state index in [0.29, 0.717) is 17.8 Å². The van der Waals surface area contributed by atoms with E-state index in [2.05, 4.69) is 37.4 Å². The van der Waals surface area contributed by atoms with Gasteiger partial charge < -0.3 is 11.1 Å². The summed E-state index contributed by atoms with van der Waals surface area (Å²) in [7, 11) is 1.93. The maximum absolute atomic E-state index is 12.5. The number of nitrogens with two attached hydrogens (primary N) is 1. The summed E-state index contributed by atoms with van der Waals surface area (Å²) in [5.41, 5.74) is 9.93. The van der Waals surface area contributed by atoms with Crippen molar-refractivity contribution in [2.45, 2.75) is 33.4 Å². The molecule has 0 saturated carbocycles. The van der Waals surface area contributed by atoms with E-state index < -0.39 is 5.91 Å². The molecule has 5 heteroatoms. The quantitative estimate of drug-likeness (QED) is 0.850. The lowest BCUT2D eigenvalue weighted by atomic mass is 10.0. The maximum atomic E-state index is 12.5. The molecule has 0 aliphatic rings. The van der Waals surface area contributed by atoms with E-state index >= 15 is 0 Å². The average Bonchev–Trinajstić information content (AvgIpc) is 2.57. The van der Waals surface area contributed by atoms with Crippen molar-refractivity contribution in [1.29, 1.82) is 0 Å². The van der Waals surface area contributed by atoms with Crippen molar-refractivity contribution in [3.63, 3.8) is 0 Å². The van der Waals surface area contributed by atoms with Gasteiger partial charge in [0.05, 0.1) is 6.04 Å². The van der Waals surface area contributed by atoms with Gasteiger partial charge in [0.2, 0.25) is 11.8 Å². The third-order valence-corrected chi connectivity index (χ3v) is 4.40. The molecule has 0 aliphatic heterocycles. The number of anilines is 1. The fourth-order valence-corrected chi connectivity index (χ4v) is 2.59. The van der Waals surface area contributed by atoms with Crippen LogP contribution in [-0.2, 0) is 11.3 Å². The third kappa shape index (κ3) is 4.90. The summed E-state index contributed by atoms with van der Waals surface area (Å²) in [4.78, 5) is 25.5. The number of carbonyl (C=O) groups is 2. The first-order valence-electron chi connectivity index (χ1n) is 8.25. The molecule has 0 unspecified atom stereocenters. The molecule has 0 radical (unpaired) electrons. The minimum absolute atomic E-state index is 0.0981. The number of benzene rings is 2. The zero-order valence-corrected chi connectivity index (χ0v) is 15.2. The summed E-state index contributed by atoms with van der Waals surface area (Å²) in [6.45, 7) is 6.72. The number of amides is 2. The van der Waals surface area contributed by atoms with Gasteiger partial charge in [0.15, 0.2) is 0 Å². The van der Waals surface area contributed by atoms with E-state index in [1.807, 2.05) is 18.9 Å². The molecule has 3 N–H and O–H groups in total. The highest BCUT2D eigenvalue weighted by molar-refractivity contribution is 5.96. The van der Waals surface area contributed by atoms with Crippen LogP contribution in [0.1, 0.15) is 34.0 Å². The Labute approximate surface area is 148 Å². The number of primary amides is 1. The molecule has 2 aromatic rings. The van der Waals surface area contributed by atoms with Crippen molar-refractivity contribution in [2.24, 2.45) is 5.73 Å². The van der Waals surface area contributed by atoms with Gasteiger partial charge in [-0.05, 0) is 63.2 Å². The molecular weight excluding hydrogens is 314 g/mol. The first-order valence-corrected chi connectivity index (χ1v) is 8.25. The first-order chi connectivity index (χ1) is 11.8. The minimum atomic E-state index is -0.487. The highest BCUT2D eigenvalue weighted by atomic mass is 16.2. The molecule has 132 valence electrons. The summed E-state index contributed by atoms with van der Waals surface area (Å²) < 4.78 is 0. The third-order valence-electron chi connectivity index (χ3n) is 4.40. The molecule has 1 atom stereocenters. The molecule has 25 heavy (non-hydrogen) atoms. The van der Waals surface area contributed by atoms with Crippen LogP contribution in [0.2, 0.25) is 0 Å². The van der Waals surface area contributed by atoms with E-state index in [9.17, 15) is 9.59 Å². The smallest absolute Gasteiger partial charge is 0.248 e. The minimum Gasteiger partial charge on any atom is -0.366 e. The van der Waals surface area contributed by atoms with Gasteiger partial charge in [0.1, 0.15) is 0 Å². The van der Waals surface area contributed by atoms with Crippen molar-refractivity contribution in [2.75, 3.05) is 12.4 Å². The monoisotopic (exact) mass is 339 g/mol. The standard InChI is InChI=1S/C20H25N3O2/c1-13-5-6-17(14(2)11-13)12-23(4)15(3)20(25)22-18-9-7-16(8-10-18)19(21)24/h5-11,15H,12H2,1-4H3,(H2,21,24)(H,22,25)/t15-/m1/s1. The van der Waals surface area contributed by atoms with E-state index in [-0.39, 0.29) is 11.9 Å². The van der Waals surface area contributed by atoms with Crippen molar-refractivity contribution in [1.82, 2.24) is 4.90 Å². The van der Waals surface area contributed by atoms with Crippen LogP contribution in [0.15, 0.2) is 42.5 Å². The number of rotatable bonds is 6. The molecule has 5 nitrogen and oxygen atoms in total. The molecule has 0 aliphatic carbocycles. The Balaban J connectivity index is 1.99. The molecule has 2 rings (SSSR count). The molecule has 0 saturated heterocycles. The summed E-state index contributed by atoms with van der Waals surface area (Å²) >= 11 is 0. The number of likely N-dealkylation sites (N-methyl/N-ethyl adjacent to an activating group) is 1. The van der Waals surface area contributed by atoms with Gasteiger partial charge in [-0.2, -0.15) is 0 Å². The van der Waals surface area contributed by atoms with Crippen LogP contribution >= 0.6 is 0 Å². The van der Waals surface area contributed by atoms with Gasteiger partial charge in [-0.15, -0.1) is 0 Å². The molecule has 0 heterocycles. The van der Waals surface area contributed by atoms with Crippen molar-refractivity contribution in [3.05, 3.63) is 64.7 Å². The number of hydrogen-bond donors (Lipinski definition) is 2. The Morgan fingerprint density at radius 1 is 1.12 bits per heavy atom. The van der Waals surface area contributed by atoms with Crippen LogP contribution in [0.5, 0.6) is 0 Å². The number of aryl methyl sites for hydroxylation is 2. The first kappa shape index (κ1) is 18.7. The second-order valence-corrected chi connectivity index (χ2v) is 6.45. The van der Waals surface area contributed by atoms with Crippen LogP contribution < -0.4 is 11.1 Å². The van der Waals surface area contributed by atoms with Gasteiger partial charge in [-0.3, -0.25) is 14.5 Å². The SMILES string of the molecule is Cc1ccc(CN(C)[C@H](C)C(=O)Nc2ccc(C(N)=O)cc2)c(C)c1. The van der Waals surface area contributed by atoms with Gasteiger partial charge in [-0.1, -0.05) is 23.8 Å². The molecule has 0 fully saturated rings. The summed E-state index contributed by atoms with van der Waals surface area (Å²) in [5, 5.41) is 2.87. The van der Waals surface area contributed by atoms with E-state index in [1.165, 1.54) is 16.7 Å². The fourth-order valence-electron chi connectivity index (χ4n) is 2.59. The van der Waals surface area contributed by atoms with Crippen molar-refractivity contribution >= 4 is 17.5 Å². The second-order valence-electron chi connectivity index (χ2n) is 6.45. The maximum Gasteiger partial charge on any atom is 0.248 e. The topological polar surface area (TPSA) is 75.4 Å². The predicted molar refractivity (Wildman–Crippen MR) is 100 cm³/mol. The normalized spacial score (nSPS) is 12.0. The zero-order chi connectivity index (χ0) is 18.6. The highest BCUT2D eigenvalue weighted by Crippen LogP contribution is 2.15. The number of hydrogen-bond acceptors (Lipinski definition) is 3. The molecule has 2 amide bonds. The fraction of sp³-hybridized carbons (Fsp3) is 0.300. The van der Waals surface area contributed by atoms with E-state index in [1.54, 1.807) is 24.3 Å². The molecule has 2 aromatic carbocycles. The number of nitrogens with zero attached hydrogens (tertiary/aromatic N) is 1. The predicted octanol–water partition coefficient (Wildman–Crippen LogP) is 2.86. The van der Waals surface area contributed by atoms with Gasteiger partial charge in [0.25, 0.3) is 0 Å². The van der Waals surface area contributed by atoms with Crippen molar-refractivity contribution in [3.8, 4) is 0 Å². The Morgan fingerprint density at radius 2 is 1.76 bits per heavy atom. The number of nitrogens with one attached hydrogen (secondary N) is 1. The lowest BCUT2D eigenvalue weighted by Gasteiger charge is -2.24. The van der Waals surface area contributed by atoms with Crippen molar-refractivity contribution < 1.29 is 9.59 Å². The lowest BCUT2D eigenvalue weighted by molar-refractivity contribution is -0.120. The summed E-state index contributed by atoms with van der Waals surface area (Å²) in [6, 6.07) is 12.6. The molecular formula is C20H25N3O2. The Hall–Kier alpha value is -2.66. The van der Waals surface area contributed by atoms with E-state index in [4.69, 9.17) is 5.73 Å². The Bertz CT molecular complexity index is 769. The second kappa shape index (κ2) is 7.94. The van der Waals surface area contributed by atoms with Crippen LogP contribution in [0.4, 0.5) is 5.69 Å². The van der Waals surface area contributed by atoms with E-state index in [0.717, 1.165) is 0 Å². The lowest BCUT2D eigenvalue weighted by Crippen LogP contribution is -2.39. The van der Waals surface area contributed by atoms with Gasteiger partial charge in [0, 0.05) is 17.8 Å². The molecule has 0 bridgehead atoms. The average molecular weight is 339 g/mol. The Kier molecular flexibility index (Phi) is 5.93. The van der Waals surface area contributed by atoms with Crippen LogP contribution in [0, 0.1) is 13.8 Å². The molecule has 0 spiro atoms. The highest BCUT2D eigenvalue weighted by Gasteiger charge is 2.19. The summed E-state index contributed by atoms with van der Waals surface area (Å²) in [6.07, 6.45) is 0. The van der Waals surface area contributed by atoms with Crippen LogP contribution in [0.25, 0.3) is 0 Å². The van der Waals surface area contributed by atoms with Gasteiger partial charge in [-0.25, -0.2) is 0 Å².